The molecule has 0 bridgehead atoms. The summed E-state index contributed by atoms with van der Waals surface area (Å²) in [4.78, 5) is 15.4. The van der Waals surface area contributed by atoms with E-state index in [9.17, 15) is 9.90 Å². The Hall–Kier alpha value is -2.11. The summed E-state index contributed by atoms with van der Waals surface area (Å²) >= 11 is 0. The number of rotatable bonds is 3. The minimum absolute atomic E-state index is 0.208. The van der Waals surface area contributed by atoms with Crippen LogP contribution in [-0.2, 0) is 0 Å². The van der Waals surface area contributed by atoms with E-state index in [-0.39, 0.29) is 5.56 Å². The maximum absolute atomic E-state index is 11.3. The highest BCUT2D eigenvalue weighted by molar-refractivity contribution is 6.03. The molecule has 0 aliphatic heterocycles. The van der Waals surface area contributed by atoms with Gasteiger partial charge in [0.05, 0.1) is 17.3 Å². The highest BCUT2D eigenvalue weighted by Gasteiger charge is 2.20. The molecule has 1 aliphatic rings. The fraction of sp³-hybridized carbons (Fsp3) is 0.462. The van der Waals surface area contributed by atoms with Crippen molar-refractivity contribution in [3.63, 3.8) is 0 Å². The molecular formula is C13H16N4O2. The second-order valence-corrected chi connectivity index (χ2v) is 4.96. The molecule has 0 aromatic carbocycles. The van der Waals surface area contributed by atoms with Gasteiger partial charge in [-0.1, -0.05) is 19.3 Å². The normalized spacial score (nSPS) is 16.6. The average molecular weight is 260 g/mol. The molecule has 0 amide bonds. The van der Waals surface area contributed by atoms with Crippen molar-refractivity contribution in [3.05, 3.63) is 18.0 Å². The lowest BCUT2D eigenvalue weighted by Crippen LogP contribution is -2.23. The molecule has 0 saturated heterocycles. The molecule has 1 saturated carbocycles. The molecule has 0 spiro atoms. The van der Waals surface area contributed by atoms with Crippen LogP contribution in [0.5, 0.6) is 0 Å². The lowest BCUT2D eigenvalue weighted by atomic mass is 9.95. The van der Waals surface area contributed by atoms with E-state index in [0.29, 0.717) is 17.4 Å². The van der Waals surface area contributed by atoms with Crippen LogP contribution in [0.3, 0.4) is 0 Å². The second-order valence-electron chi connectivity index (χ2n) is 4.96. The van der Waals surface area contributed by atoms with Gasteiger partial charge in [0, 0.05) is 12.2 Å². The largest absolute Gasteiger partial charge is 0.478 e. The Labute approximate surface area is 110 Å². The first kappa shape index (κ1) is 12.0. The van der Waals surface area contributed by atoms with Gasteiger partial charge in [0.15, 0.2) is 5.65 Å². The van der Waals surface area contributed by atoms with Gasteiger partial charge in [-0.25, -0.2) is 9.78 Å². The van der Waals surface area contributed by atoms with Crippen LogP contribution >= 0.6 is 0 Å². The van der Waals surface area contributed by atoms with Crippen molar-refractivity contribution >= 4 is 22.7 Å². The predicted octanol–water partition coefficient (Wildman–Crippen LogP) is 2.40. The van der Waals surface area contributed by atoms with Crippen LogP contribution in [0, 0.1) is 0 Å². The molecule has 1 fully saturated rings. The summed E-state index contributed by atoms with van der Waals surface area (Å²) in [6.07, 6.45) is 8.83. The third kappa shape index (κ3) is 2.25. The number of carbonyl (C=O) groups is 1. The standard InChI is InChI=1S/C13H16N4O2/c18-13(19)10-6-14-12-9(7-15-17-12)11(10)16-8-4-2-1-3-5-8/h6-8H,1-5H2,(H,18,19)(H2,14,15,16,17). The van der Waals surface area contributed by atoms with E-state index in [4.69, 9.17) is 0 Å². The van der Waals surface area contributed by atoms with Crippen LogP contribution in [0.25, 0.3) is 11.0 Å². The van der Waals surface area contributed by atoms with Crippen molar-refractivity contribution in [2.45, 2.75) is 38.1 Å². The van der Waals surface area contributed by atoms with Gasteiger partial charge in [0.1, 0.15) is 5.56 Å². The number of nitrogens with one attached hydrogen (secondary N) is 2. The van der Waals surface area contributed by atoms with Crippen LogP contribution < -0.4 is 5.32 Å². The van der Waals surface area contributed by atoms with Crippen molar-refractivity contribution in [3.8, 4) is 0 Å². The molecule has 3 rings (SSSR count). The highest BCUT2D eigenvalue weighted by atomic mass is 16.4. The summed E-state index contributed by atoms with van der Waals surface area (Å²) in [5.74, 6) is -0.964. The minimum Gasteiger partial charge on any atom is -0.478 e. The van der Waals surface area contributed by atoms with Crippen molar-refractivity contribution in [1.82, 2.24) is 15.2 Å². The molecule has 0 unspecified atom stereocenters. The van der Waals surface area contributed by atoms with Crippen molar-refractivity contribution in [2.24, 2.45) is 0 Å². The monoisotopic (exact) mass is 260 g/mol. The molecule has 0 atom stereocenters. The van der Waals surface area contributed by atoms with E-state index in [1.54, 1.807) is 6.20 Å². The van der Waals surface area contributed by atoms with Gasteiger partial charge in [-0.2, -0.15) is 5.10 Å². The smallest absolute Gasteiger partial charge is 0.339 e. The summed E-state index contributed by atoms with van der Waals surface area (Å²) < 4.78 is 0. The summed E-state index contributed by atoms with van der Waals surface area (Å²) in [6, 6.07) is 0.340. The van der Waals surface area contributed by atoms with Gasteiger partial charge in [0.2, 0.25) is 0 Å². The van der Waals surface area contributed by atoms with Crippen LogP contribution in [0.2, 0.25) is 0 Å². The molecule has 19 heavy (non-hydrogen) atoms. The molecule has 1 aliphatic carbocycles. The third-order valence-electron chi connectivity index (χ3n) is 3.66. The van der Waals surface area contributed by atoms with Gasteiger partial charge in [-0.3, -0.25) is 5.10 Å². The zero-order valence-electron chi connectivity index (χ0n) is 10.5. The Bertz CT molecular complexity index is 602. The Morgan fingerprint density at radius 3 is 2.84 bits per heavy atom. The molecule has 100 valence electrons. The molecular weight excluding hydrogens is 244 g/mol. The van der Waals surface area contributed by atoms with Crippen molar-refractivity contribution < 1.29 is 9.90 Å². The number of fused-ring (bicyclic) bond motifs is 1. The number of aromatic amines is 1. The highest BCUT2D eigenvalue weighted by Crippen LogP contribution is 2.28. The molecule has 3 N–H and O–H groups in total. The molecule has 6 heteroatoms. The predicted molar refractivity (Wildman–Crippen MR) is 71.3 cm³/mol. The molecule has 2 aromatic heterocycles. The number of nitrogens with zero attached hydrogens (tertiary/aromatic N) is 2. The summed E-state index contributed by atoms with van der Waals surface area (Å²) in [7, 11) is 0. The van der Waals surface area contributed by atoms with E-state index in [1.807, 2.05) is 0 Å². The maximum atomic E-state index is 11.3. The number of H-pyrrole nitrogens is 1. The van der Waals surface area contributed by atoms with Crippen LogP contribution in [0.15, 0.2) is 12.4 Å². The van der Waals surface area contributed by atoms with Gasteiger partial charge >= 0.3 is 5.97 Å². The zero-order valence-corrected chi connectivity index (χ0v) is 10.5. The Kier molecular flexibility index (Phi) is 3.06. The number of pyridine rings is 1. The quantitative estimate of drug-likeness (QED) is 0.788. The molecule has 6 nitrogen and oxygen atoms in total. The molecule has 2 aromatic rings. The Morgan fingerprint density at radius 2 is 2.11 bits per heavy atom. The van der Waals surface area contributed by atoms with E-state index >= 15 is 0 Å². The van der Waals surface area contributed by atoms with Crippen molar-refractivity contribution in [2.75, 3.05) is 5.32 Å². The number of aromatic nitrogens is 3. The Balaban J connectivity index is 2.00. The van der Waals surface area contributed by atoms with Gasteiger partial charge < -0.3 is 10.4 Å². The number of hydrogen-bond donors (Lipinski definition) is 3. The lowest BCUT2D eigenvalue weighted by Gasteiger charge is -2.24. The summed E-state index contributed by atoms with van der Waals surface area (Å²) in [5, 5.41) is 20.1. The maximum Gasteiger partial charge on any atom is 0.339 e. The van der Waals surface area contributed by atoms with Gasteiger partial charge in [0.25, 0.3) is 0 Å². The topological polar surface area (TPSA) is 90.9 Å². The first-order valence-electron chi connectivity index (χ1n) is 6.57. The molecule has 2 heterocycles. The van der Waals surface area contributed by atoms with Gasteiger partial charge in [-0.15, -0.1) is 0 Å². The minimum atomic E-state index is -0.964. The van der Waals surface area contributed by atoms with E-state index in [0.717, 1.165) is 18.2 Å². The summed E-state index contributed by atoms with van der Waals surface area (Å²) in [6.45, 7) is 0. The fourth-order valence-electron chi connectivity index (χ4n) is 2.67. The van der Waals surface area contributed by atoms with E-state index in [2.05, 4.69) is 20.5 Å². The second kappa shape index (κ2) is 4.87. The van der Waals surface area contributed by atoms with Crippen molar-refractivity contribution in [1.29, 1.82) is 0 Å². The number of hydrogen-bond acceptors (Lipinski definition) is 4. The van der Waals surface area contributed by atoms with Gasteiger partial charge in [-0.05, 0) is 12.8 Å². The van der Waals surface area contributed by atoms with Crippen LogP contribution in [0.1, 0.15) is 42.5 Å². The van der Waals surface area contributed by atoms with Crippen LogP contribution in [0.4, 0.5) is 5.69 Å². The number of anilines is 1. The number of carboxylic acids is 1. The number of carboxylic acid groups (broad SMARTS) is 1. The molecule has 0 radical (unpaired) electrons. The lowest BCUT2D eigenvalue weighted by molar-refractivity contribution is 0.0697. The fourth-order valence-corrected chi connectivity index (χ4v) is 2.67. The third-order valence-corrected chi connectivity index (χ3v) is 3.66. The SMILES string of the molecule is O=C(O)c1cnc2[nH]ncc2c1NC1CCCCC1. The zero-order chi connectivity index (χ0) is 13.2. The van der Waals surface area contributed by atoms with E-state index in [1.165, 1.54) is 25.5 Å². The first-order chi connectivity index (χ1) is 9.25. The first-order valence-corrected chi connectivity index (χ1v) is 6.57. The average Bonchev–Trinajstić information content (AvgIpc) is 2.88. The summed E-state index contributed by atoms with van der Waals surface area (Å²) in [5.41, 5.74) is 1.46. The number of aromatic carboxylic acids is 1. The Morgan fingerprint density at radius 1 is 1.32 bits per heavy atom. The van der Waals surface area contributed by atoms with E-state index < -0.39 is 5.97 Å². The van der Waals surface area contributed by atoms with Crippen LogP contribution in [-0.4, -0.2) is 32.3 Å².